The lowest BCUT2D eigenvalue weighted by Gasteiger charge is -2.15. The van der Waals surface area contributed by atoms with E-state index in [0.717, 1.165) is 5.56 Å². The van der Waals surface area contributed by atoms with E-state index in [2.05, 4.69) is 5.32 Å². The highest BCUT2D eigenvalue weighted by Crippen LogP contribution is 2.29. The van der Waals surface area contributed by atoms with E-state index < -0.39 is 18.0 Å². The molecule has 2 aromatic rings. The number of thiophene rings is 1. The average molecular weight is 349 g/mol. The third kappa shape index (κ3) is 4.05. The van der Waals surface area contributed by atoms with Crippen molar-refractivity contribution < 1.29 is 23.8 Å². The number of ether oxygens (including phenoxy) is 3. The molecule has 7 heteroatoms. The third-order valence-electron chi connectivity index (χ3n) is 3.37. The van der Waals surface area contributed by atoms with Gasteiger partial charge < -0.3 is 19.5 Å². The van der Waals surface area contributed by atoms with Crippen molar-refractivity contribution in [2.45, 2.75) is 20.0 Å². The summed E-state index contributed by atoms with van der Waals surface area (Å²) in [5.41, 5.74) is 1.27. The molecular weight excluding hydrogens is 330 g/mol. The smallest absolute Gasteiger partial charge is 0.349 e. The maximum absolute atomic E-state index is 12.3. The Morgan fingerprint density at radius 3 is 2.50 bits per heavy atom. The van der Waals surface area contributed by atoms with E-state index in [0.29, 0.717) is 22.1 Å². The van der Waals surface area contributed by atoms with Gasteiger partial charge in [-0.3, -0.25) is 4.79 Å². The van der Waals surface area contributed by atoms with E-state index in [1.54, 1.807) is 23.6 Å². The molecule has 128 valence electrons. The fourth-order valence-corrected chi connectivity index (χ4v) is 2.80. The molecule has 0 saturated heterocycles. The highest BCUT2D eigenvalue weighted by molar-refractivity contribution is 7.12. The van der Waals surface area contributed by atoms with Crippen LogP contribution in [-0.4, -0.2) is 32.2 Å². The van der Waals surface area contributed by atoms with Gasteiger partial charge in [0.05, 0.1) is 19.9 Å². The molecule has 0 unspecified atom stereocenters. The minimum Gasteiger partial charge on any atom is -0.497 e. The van der Waals surface area contributed by atoms with Crippen LogP contribution < -0.4 is 14.8 Å². The maximum atomic E-state index is 12.3. The molecular formula is C17H19NO5S. The third-order valence-corrected chi connectivity index (χ3v) is 4.36. The van der Waals surface area contributed by atoms with Crippen molar-refractivity contribution in [1.82, 2.24) is 0 Å². The van der Waals surface area contributed by atoms with Crippen molar-refractivity contribution in [3.05, 3.63) is 40.1 Å². The summed E-state index contributed by atoms with van der Waals surface area (Å²) in [5, 5.41) is 4.49. The number of carbonyl (C=O) groups is 2. The topological polar surface area (TPSA) is 73.9 Å². The van der Waals surface area contributed by atoms with Crippen LogP contribution in [0.4, 0.5) is 5.69 Å². The molecule has 1 aromatic heterocycles. The van der Waals surface area contributed by atoms with E-state index in [9.17, 15) is 9.59 Å². The molecule has 0 aliphatic rings. The molecule has 1 atom stereocenters. The first-order valence-electron chi connectivity index (χ1n) is 7.24. The normalized spacial score (nSPS) is 11.5. The van der Waals surface area contributed by atoms with Crippen LogP contribution in [0.5, 0.6) is 11.5 Å². The van der Waals surface area contributed by atoms with Crippen molar-refractivity contribution in [3.63, 3.8) is 0 Å². The van der Waals surface area contributed by atoms with Crippen molar-refractivity contribution >= 4 is 28.9 Å². The molecule has 0 fully saturated rings. The van der Waals surface area contributed by atoms with Crippen LogP contribution in [0.25, 0.3) is 0 Å². The monoisotopic (exact) mass is 349 g/mol. The molecule has 0 radical (unpaired) electrons. The maximum Gasteiger partial charge on any atom is 0.349 e. The van der Waals surface area contributed by atoms with Crippen LogP contribution in [0.3, 0.4) is 0 Å². The Hall–Kier alpha value is -2.54. The predicted octanol–water partition coefficient (Wildman–Crippen LogP) is 3.26. The number of benzene rings is 1. The lowest BCUT2D eigenvalue weighted by molar-refractivity contribution is -0.123. The number of rotatable bonds is 6. The van der Waals surface area contributed by atoms with Crippen LogP contribution >= 0.6 is 11.3 Å². The zero-order valence-corrected chi connectivity index (χ0v) is 14.7. The molecule has 0 bridgehead atoms. The molecule has 24 heavy (non-hydrogen) atoms. The largest absolute Gasteiger partial charge is 0.497 e. The molecule has 1 heterocycles. The summed E-state index contributed by atoms with van der Waals surface area (Å²) in [6.45, 7) is 3.34. The van der Waals surface area contributed by atoms with Gasteiger partial charge >= 0.3 is 5.97 Å². The number of hydrogen-bond acceptors (Lipinski definition) is 6. The fraction of sp³-hybridized carbons (Fsp3) is 0.294. The predicted molar refractivity (Wildman–Crippen MR) is 92.1 cm³/mol. The van der Waals surface area contributed by atoms with Gasteiger partial charge in [-0.2, -0.15) is 0 Å². The van der Waals surface area contributed by atoms with Crippen LogP contribution in [0, 0.1) is 6.92 Å². The number of hydrogen-bond donors (Lipinski definition) is 1. The Balaban J connectivity index is 2.06. The van der Waals surface area contributed by atoms with E-state index in [-0.39, 0.29) is 0 Å². The van der Waals surface area contributed by atoms with Gasteiger partial charge in [0.1, 0.15) is 16.4 Å². The minimum atomic E-state index is -0.949. The quantitative estimate of drug-likeness (QED) is 0.810. The summed E-state index contributed by atoms with van der Waals surface area (Å²) in [6.07, 6.45) is -0.949. The minimum absolute atomic E-state index is 0.442. The number of anilines is 1. The second-order valence-corrected chi connectivity index (χ2v) is 5.95. The van der Waals surface area contributed by atoms with Crippen molar-refractivity contribution in [2.75, 3.05) is 19.5 Å². The number of amides is 1. The fourth-order valence-electron chi connectivity index (χ4n) is 2.00. The molecule has 1 aromatic carbocycles. The molecule has 2 rings (SSSR count). The Labute approximate surface area is 144 Å². The van der Waals surface area contributed by atoms with Crippen LogP contribution in [-0.2, 0) is 9.53 Å². The van der Waals surface area contributed by atoms with Gasteiger partial charge in [-0.15, -0.1) is 11.3 Å². The molecule has 1 N–H and O–H groups in total. The summed E-state index contributed by atoms with van der Waals surface area (Å²) in [5.74, 6) is 0.0913. The Bertz CT molecular complexity index is 740. The van der Waals surface area contributed by atoms with Crippen molar-refractivity contribution in [2.24, 2.45) is 0 Å². The standard InChI is InChI=1S/C17H19NO5S/c1-10-7-8-24-15(10)17(20)23-11(2)16(19)18-13-9-12(21-3)5-6-14(13)22-4/h5-9,11H,1-4H3,(H,18,19)/t11-/m1/s1. The zero-order valence-electron chi connectivity index (χ0n) is 13.9. The second-order valence-electron chi connectivity index (χ2n) is 5.04. The first-order valence-corrected chi connectivity index (χ1v) is 8.12. The van der Waals surface area contributed by atoms with Crippen molar-refractivity contribution in [3.8, 4) is 11.5 Å². The lowest BCUT2D eigenvalue weighted by Crippen LogP contribution is -2.30. The molecule has 0 saturated carbocycles. The van der Waals surface area contributed by atoms with Gasteiger partial charge in [0.2, 0.25) is 0 Å². The summed E-state index contributed by atoms with van der Waals surface area (Å²) >= 11 is 1.28. The molecule has 0 aliphatic heterocycles. The van der Waals surface area contributed by atoms with E-state index in [4.69, 9.17) is 14.2 Å². The van der Waals surface area contributed by atoms with Gasteiger partial charge in [0, 0.05) is 6.07 Å². The summed E-state index contributed by atoms with van der Waals surface area (Å²) in [7, 11) is 3.03. The van der Waals surface area contributed by atoms with E-state index in [1.165, 1.54) is 32.5 Å². The van der Waals surface area contributed by atoms with Crippen LogP contribution in [0.1, 0.15) is 22.2 Å². The Morgan fingerprint density at radius 2 is 1.92 bits per heavy atom. The van der Waals surface area contributed by atoms with Gasteiger partial charge in [-0.1, -0.05) is 0 Å². The van der Waals surface area contributed by atoms with Gasteiger partial charge in [0.25, 0.3) is 5.91 Å². The highest BCUT2D eigenvalue weighted by atomic mass is 32.1. The van der Waals surface area contributed by atoms with Gasteiger partial charge in [-0.25, -0.2) is 4.79 Å². The number of esters is 1. The number of nitrogens with one attached hydrogen (secondary N) is 1. The number of carbonyl (C=O) groups excluding carboxylic acids is 2. The van der Waals surface area contributed by atoms with Gasteiger partial charge in [0.15, 0.2) is 6.10 Å². The summed E-state index contributed by atoms with van der Waals surface area (Å²) < 4.78 is 15.6. The van der Waals surface area contributed by atoms with Gasteiger partial charge in [-0.05, 0) is 43.0 Å². The molecule has 1 amide bonds. The summed E-state index contributed by atoms with van der Waals surface area (Å²) in [6, 6.07) is 6.86. The number of methoxy groups -OCH3 is 2. The SMILES string of the molecule is COc1ccc(OC)c(NC(=O)[C@@H](C)OC(=O)c2sccc2C)c1. The van der Waals surface area contributed by atoms with E-state index >= 15 is 0 Å². The highest BCUT2D eigenvalue weighted by Gasteiger charge is 2.22. The molecule has 6 nitrogen and oxygen atoms in total. The molecule has 0 aliphatic carbocycles. The first-order chi connectivity index (χ1) is 11.5. The average Bonchev–Trinajstić information content (AvgIpc) is 3.00. The van der Waals surface area contributed by atoms with Crippen LogP contribution in [0.15, 0.2) is 29.6 Å². The van der Waals surface area contributed by atoms with E-state index in [1.807, 2.05) is 13.0 Å². The number of aryl methyl sites for hydroxylation is 1. The Morgan fingerprint density at radius 1 is 1.17 bits per heavy atom. The van der Waals surface area contributed by atoms with Crippen LogP contribution in [0.2, 0.25) is 0 Å². The summed E-state index contributed by atoms with van der Waals surface area (Å²) in [4.78, 5) is 24.9. The zero-order chi connectivity index (χ0) is 17.7. The molecule has 0 spiro atoms. The lowest BCUT2D eigenvalue weighted by atomic mass is 10.2. The second kappa shape index (κ2) is 7.83. The first kappa shape index (κ1) is 17.8. The Kier molecular flexibility index (Phi) is 5.81. The van der Waals surface area contributed by atoms with Crippen molar-refractivity contribution in [1.29, 1.82) is 0 Å².